The number of amides is 2. The fourth-order valence-electron chi connectivity index (χ4n) is 8.28. The van der Waals surface area contributed by atoms with Gasteiger partial charge in [0, 0.05) is 109 Å². The van der Waals surface area contributed by atoms with Crippen molar-refractivity contribution in [3.8, 4) is 17.2 Å². The van der Waals surface area contributed by atoms with E-state index in [2.05, 4.69) is 31.2 Å². The normalized spacial score (nSPS) is 16.4. The molecular weight excluding hydrogens is 1020 g/mol. The predicted octanol–water partition coefficient (Wildman–Crippen LogP) is 8.49. The average molecular weight is 1060 g/mol. The number of ether oxygens (including phenoxy) is 4. The topological polar surface area (TPSA) is 107 Å². The van der Waals surface area contributed by atoms with Gasteiger partial charge in [0.1, 0.15) is 5.75 Å². The molecule has 0 spiro atoms. The number of benzene rings is 5. The Morgan fingerprint density at radius 2 is 1.48 bits per heavy atom. The van der Waals surface area contributed by atoms with E-state index in [1.165, 1.54) is 5.56 Å². The van der Waals surface area contributed by atoms with Crippen LogP contribution in [-0.2, 0) is 95.8 Å². The van der Waals surface area contributed by atoms with Crippen LogP contribution in [0.5, 0.6) is 17.2 Å². The maximum Gasteiger partial charge on any atom is 0.261 e. The third-order valence-corrected chi connectivity index (χ3v) is 11.1. The van der Waals surface area contributed by atoms with E-state index in [4.69, 9.17) is 23.9 Å². The van der Waals surface area contributed by atoms with Crippen LogP contribution < -0.4 is 24.0 Å². The van der Waals surface area contributed by atoms with Crippen molar-refractivity contribution in [2.24, 2.45) is 4.99 Å². The second kappa shape index (κ2) is 21.1. The summed E-state index contributed by atoms with van der Waals surface area (Å²) in [6, 6.07) is 32.9. The molecule has 0 bridgehead atoms. The molecule has 5 aromatic carbocycles. The average Bonchev–Trinajstić information content (AvgIpc) is 3.75. The number of anilines is 2. The van der Waals surface area contributed by atoms with Crippen molar-refractivity contribution in [2.45, 2.75) is 70.7 Å². The first-order valence-electron chi connectivity index (χ1n) is 20.1. The van der Waals surface area contributed by atoms with Gasteiger partial charge in [0.25, 0.3) is 11.8 Å². The molecule has 0 N–H and O–H groups in total. The number of nitrogens with zero attached hydrogens (tertiary/aromatic N) is 3. The molecule has 9 rings (SSSR count). The van der Waals surface area contributed by atoms with Crippen molar-refractivity contribution in [3.05, 3.63) is 148 Å². The van der Waals surface area contributed by atoms with Gasteiger partial charge < -0.3 is 35.6 Å². The molecule has 0 saturated heterocycles. The first kappa shape index (κ1) is 46.0. The molecule has 4 heterocycles. The van der Waals surface area contributed by atoms with E-state index < -0.39 is 0 Å². The predicted molar refractivity (Wildman–Crippen MR) is 227 cm³/mol. The van der Waals surface area contributed by atoms with E-state index in [1.807, 2.05) is 83.6 Å². The van der Waals surface area contributed by atoms with Crippen molar-refractivity contribution < 1.29 is 87.1 Å². The van der Waals surface area contributed by atoms with E-state index in [0.29, 0.717) is 49.0 Å². The largest absolute Gasteiger partial charge is 0.542 e. The van der Waals surface area contributed by atoms with Crippen LogP contribution in [0, 0.1) is 19.9 Å². The number of rotatable bonds is 12. The van der Waals surface area contributed by atoms with Crippen LogP contribution in [-0.4, -0.2) is 56.7 Å². The van der Waals surface area contributed by atoms with Crippen molar-refractivity contribution in [1.82, 2.24) is 0 Å². The van der Waals surface area contributed by atoms with Gasteiger partial charge in [0.05, 0.1) is 37.6 Å². The number of carbonyl (C=O) groups excluding carboxylic acids is 3. The van der Waals surface area contributed by atoms with E-state index in [-0.39, 0.29) is 84.3 Å². The number of carbonyl (C=O) groups is 2. The number of aliphatic imine (C=N–C) groups is 1. The van der Waals surface area contributed by atoms with Crippen LogP contribution in [0.15, 0.2) is 96.0 Å². The van der Waals surface area contributed by atoms with E-state index in [0.717, 1.165) is 82.6 Å². The summed E-state index contributed by atoms with van der Waals surface area (Å²) in [5.41, 5.74) is 9.96. The minimum absolute atomic E-state index is 0. The Hall–Kier alpha value is -4.47. The monoisotopic (exact) mass is 1060 g/mol. The van der Waals surface area contributed by atoms with Crippen LogP contribution in [0.4, 0.5) is 17.1 Å². The van der Waals surface area contributed by atoms with Crippen LogP contribution in [0.1, 0.15) is 73.4 Å². The number of methoxy groups -OCH3 is 1. The maximum atomic E-state index is 13.8. The molecule has 4 aliphatic rings. The minimum atomic E-state index is -0.133. The number of aryl methyl sites for hydroxylation is 2. The summed E-state index contributed by atoms with van der Waals surface area (Å²) in [5, 5.41) is 0. The summed E-state index contributed by atoms with van der Waals surface area (Å²) in [5.74, 6) is 1.72. The fourth-order valence-corrected chi connectivity index (χ4v) is 8.28. The first-order valence-corrected chi connectivity index (χ1v) is 20.1. The molecule has 5 aromatic rings. The zero-order chi connectivity index (χ0) is 40.9. The van der Waals surface area contributed by atoms with E-state index >= 15 is 0 Å². The molecule has 2 atom stereocenters. The smallest absolute Gasteiger partial charge is 0.261 e. The van der Waals surface area contributed by atoms with E-state index in [1.54, 1.807) is 25.5 Å². The van der Waals surface area contributed by atoms with Crippen molar-refractivity contribution in [3.63, 3.8) is 0 Å². The van der Waals surface area contributed by atoms with Crippen LogP contribution >= 0.6 is 0 Å². The molecule has 2 amide bonds. The SMILES string of the molecule is COc1cc2c(cc1OCc1c[c-]cc(COc3cc4c(cc3C)C(=O)N3c5ccccc5C[C@H]3CC4)c1)N=C[C@@H]1Cc3ccccc3N1C2=O.[CH2-]CCOCC[C-]=O.[W].[Y]. The Kier molecular flexibility index (Phi) is 15.9. The van der Waals surface area contributed by atoms with Gasteiger partial charge in [-0.2, -0.15) is 30.7 Å². The zero-order valence-corrected chi connectivity index (χ0v) is 40.1. The van der Waals surface area contributed by atoms with Crippen molar-refractivity contribution in [2.75, 3.05) is 30.1 Å². The molecular formula is C49H46N3O7WY-3. The molecule has 61 heavy (non-hydrogen) atoms. The molecule has 4 aliphatic heterocycles. The van der Waals surface area contributed by atoms with Gasteiger partial charge in [-0.3, -0.25) is 25.8 Å². The minimum Gasteiger partial charge on any atom is -0.542 e. The zero-order valence-electron chi connectivity index (χ0n) is 34.4. The summed E-state index contributed by atoms with van der Waals surface area (Å²) in [6.07, 6.45) is 8.09. The summed E-state index contributed by atoms with van der Waals surface area (Å²) in [6.45, 7) is 7.29. The summed E-state index contributed by atoms with van der Waals surface area (Å²) >= 11 is 0. The van der Waals surface area contributed by atoms with Crippen LogP contribution in [0.25, 0.3) is 0 Å². The number of hydrogen-bond acceptors (Lipinski definition) is 8. The Morgan fingerprint density at radius 1 is 0.803 bits per heavy atom. The molecule has 10 nitrogen and oxygen atoms in total. The Bertz CT molecular complexity index is 2420. The van der Waals surface area contributed by atoms with Crippen LogP contribution in [0.2, 0.25) is 0 Å². The number of para-hydroxylation sites is 2. The maximum absolute atomic E-state index is 13.8. The van der Waals surface area contributed by atoms with Gasteiger partial charge in [0.2, 0.25) is 0 Å². The third-order valence-electron chi connectivity index (χ3n) is 11.1. The molecule has 0 aromatic heterocycles. The second-order valence-electron chi connectivity index (χ2n) is 15.0. The molecule has 0 saturated carbocycles. The summed E-state index contributed by atoms with van der Waals surface area (Å²) < 4.78 is 23.2. The third kappa shape index (κ3) is 9.94. The van der Waals surface area contributed by atoms with Crippen molar-refractivity contribution >= 4 is 41.4 Å². The number of hydrogen-bond donors (Lipinski definition) is 0. The van der Waals surface area contributed by atoms with Gasteiger partial charge in [-0.15, -0.1) is 17.5 Å². The van der Waals surface area contributed by atoms with Gasteiger partial charge in [-0.1, -0.05) is 36.4 Å². The van der Waals surface area contributed by atoms with Crippen molar-refractivity contribution in [1.29, 1.82) is 0 Å². The molecule has 1 radical (unpaired) electrons. The Labute approximate surface area is 397 Å². The van der Waals surface area contributed by atoms with Gasteiger partial charge in [-0.05, 0) is 78.8 Å². The second-order valence-corrected chi connectivity index (χ2v) is 15.0. The molecule has 0 fully saturated rings. The molecule has 12 heteroatoms. The van der Waals surface area contributed by atoms with Crippen LogP contribution in [0.3, 0.4) is 0 Å². The molecule has 311 valence electrons. The molecule has 0 aliphatic carbocycles. The Balaban J connectivity index is 0.000000569. The van der Waals surface area contributed by atoms with E-state index in [9.17, 15) is 14.4 Å². The number of fused-ring (bicyclic) bond motifs is 8. The summed E-state index contributed by atoms with van der Waals surface area (Å²) in [4.78, 5) is 45.6. The van der Waals surface area contributed by atoms with Gasteiger partial charge in [0.15, 0.2) is 11.5 Å². The first-order chi connectivity index (χ1) is 28.9. The molecule has 0 unspecified atom stereocenters. The quantitative estimate of drug-likeness (QED) is 0.0912. The fraction of sp³-hybridized carbons (Fsp3) is 0.286. The Morgan fingerprint density at radius 3 is 2.18 bits per heavy atom. The summed E-state index contributed by atoms with van der Waals surface area (Å²) in [7, 11) is 1.57. The standard InChI is InChI=1S/C43H36N3O5.C6H10O2.W.Y/c1-26-16-34-29(14-15-32-18-30-10-3-5-12-37(30)45(32)42(34)47)20-39(26)50-24-27-8-7-9-28(17-27)25-51-41-22-36-35(21-40(41)49-2)43(48)46-33(23-44-36)19-31-11-4-6-13-38(31)46;1-2-5-8-6-3-4-7;;/h3-6,8-13,16-17,20-23,32-33H,14-15,18-19,24-25H2,1-2H3;1-3,5-6H2;;/q-1;-2;;/t32-,33+;;;/m1.../s1. The van der Waals surface area contributed by atoms with Gasteiger partial charge in [-0.25, -0.2) is 0 Å². The van der Waals surface area contributed by atoms with Gasteiger partial charge >= 0.3 is 0 Å².